The summed E-state index contributed by atoms with van der Waals surface area (Å²) in [7, 11) is 0. The summed E-state index contributed by atoms with van der Waals surface area (Å²) in [4.78, 5) is 24.7. The highest BCUT2D eigenvalue weighted by Gasteiger charge is 2.38. The van der Waals surface area contributed by atoms with Crippen LogP contribution in [0, 0.1) is 5.92 Å². The molecule has 108 valence electrons. The van der Waals surface area contributed by atoms with Gasteiger partial charge in [-0.05, 0) is 13.3 Å². The van der Waals surface area contributed by atoms with Crippen molar-refractivity contribution in [2.24, 2.45) is 5.92 Å². The van der Waals surface area contributed by atoms with Gasteiger partial charge in [-0.1, -0.05) is 0 Å². The molecule has 0 radical (unpaired) electrons. The summed E-state index contributed by atoms with van der Waals surface area (Å²) < 4.78 is 0. The Labute approximate surface area is 121 Å². The van der Waals surface area contributed by atoms with Crippen LogP contribution in [0.25, 0.3) is 0 Å². The third kappa shape index (κ3) is 3.72. The first-order valence-electron chi connectivity index (χ1n) is 6.56. The molecule has 7 heteroatoms. The third-order valence-corrected chi connectivity index (χ3v) is 6.54. The second-order valence-corrected chi connectivity index (χ2v) is 7.48. The van der Waals surface area contributed by atoms with Crippen LogP contribution in [-0.4, -0.2) is 63.6 Å². The lowest BCUT2D eigenvalue weighted by Crippen LogP contribution is -2.46. The van der Waals surface area contributed by atoms with E-state index in [0.29, 0.717) is 24.8 Å². The molecule has 0 spiro atoms. The molecule has 0 aliphatic carbocycles. The second-order valence-electron chi connectivity index (χ2n) is 4.92. The molecule has 2 aliphatic rings. The molecule has 2 aliphatic heterocycles. The van der Waals surface area contributed by atoms with Crippen molar-refractivity contribution in [3.8, 4) is 0 Å². The van der Waals surface area contributed by atoms with E-state index in [1.165, 1.54) is 5.75 Å². The van der Waals surface area contributed by atoms with E-state index < -0.39 is 11.9 Å². The number of aliphatic carboxylic acids is 1. The van der Waals surface area contributed by atoms with E-state index in [4.69, 9.17) is 5.11 Å². The Kier molecular flexibility index (Phi) is 5.27. The number of carbonyl (C=O) groups excluding carboxylic acids is 1. The summed E-state index contributed by atoms with van der Waals surface area (Å²) in [6, 6.07) is -0.335. The van der Waals surface area contributed by atoms with Gasteiger partial charge in [0.25, 0.3) is 0 Å². The van der Waals surface area contributed by atoms with Gasteiger partial charge in [0.15, 0.2) is 0 Å². The van der Waals surface area contributed by atoms with E-state index in [2.05, 4.69) is 5.32 Å². The van der Waals surface area contributed by atoms with E-state index >= 15 is 0 Å². The highest BCUT2D eigenvalue weighted by Crippen LogP contribution is 2.25. The largest absolute Gasteiger partial charge is 0.481 e. The van der Waals surface area contributed by atoms with Gasteiger partial charge in [-0.25, -0.2) is 4.79 Å². The van der Waals surface area contributed by atoms with Crippen molar-refractivity contribution in [2.75, 3.05) is 30.3 Å². The zero-order chi connectivity index (χ0) is 13.8. The molecule has 19 heavy (non-hydrogen) atoms. The van der Waals surface area contributed by atoms with Gasteiger partial charge in [0, 0.05) is 41.6 Å². The smallest absolute Gasteiger partial charge is 0.317 e. The molecule has 5 nitrogen and oxygen atoms in total. The summed E-state index contributed by atoms with van der Waals surface area (Å²) >= 11 is 3.83. The first-order valence-corrected chi connectivity index (χ1v) is 8.76. The Morgan fingerprint density at radius 1 is 1.42 bits per heavy atom. The topological polar surface area (TPSA) is 69.6 Å². The van der Waals surface area contributed by atoms with Crippen LogP contribution >= 0.6 is 23.5 Å². The first-order chi connectivity index (χ1) is 9.09. The van der Waals surface area contributed by atoms with E-state index in [-0.39, 0.29) is 12.1 Å². The van der Waals surface area contributed by atoms with Crippen molar-refractivity contribution in [3.63, 3.8) is 0 Å². The quantitative estimate of drug-likeness (QED) is 0.823. The van der Waals surface area contributed by atoms with Gasteiger partial charge in [0.1, 0.15) is 0 Å². The molecular weight excluding hydrogens is 284 g/mol. The minimum Gasteiger partial charge on any atom is -0.481 e. The molecule has 3 unspecified atom stereocenters. The van der Waals surface area contributed by atoms with Gasteiger partial charge in [-0.15, -0.1) is 0 Å². The van der Waals surface area contributed by atoms with Crippen LogP contribution in [0.4, 0.5) is 4.79 Å². The van der Waals surface area contributed by atoms with Crippen LogP contribution in [-0.2, 0) is 4.79 Å². The number of nitrogens with zero attached hydrogens (tertiary/aromatic N) is 1. The van der Waals surface area contributed by atoms with Crippen molar-refractivity contribution in [2.45, 2.75) is 24.6 Å². The number of amides is 2. The molecule has 2 saturated heterocycles. The normalized spacial score (nSPS) is 31.2. The fourth-order valence-electron chi connectivity index (χ4n) is 2.51. The van der Waals surface area contributed by atoms with Crippen molar-refractivity contribution in [3.05, 3.63) is 0 Å². The molecule has 0 aromatic carbocycles. The lowest BCUT2D eigenvalue weighted by molar-refractivity contribution is -0.142. The number of hydrogen-bond donors (Lipinski definition) is 2. The minimum absolute atomic E-state index is 0.118. The lowest BCUT2D eigenvalue weighted by Gasteiger charge is -2.26. The fraction of sp³-hybridized carbons (Fsp3) is 0.833. The summed E-state index contributed by atoms with van der Waals surface area (Å²) in [6.07, 6.45) is 0.554. The molecular formula is C12H20N2O3S2. The van der Waals surface area contributed by atoms with Crippen LogP contribution in [0.3, 0.4) is 0 Å². The number of carbonyl (C=O) groups is 2. The molecule has 3 atom stereocenters. The zero-order valence-corrected chi connectivity index (χ0v) is 12.6. The Morgan fingerprint density at radius 2 is 2.21 bits per heavy atom. The van der Waals surface area contributed by atoms with Crippen LogP contribution in [0.2, 0.25) is 0 Å². The number of hydrogen-bond acceptors (Lipinski definition) is 4. The second kappa shape index (κ2) is 6.74. The van der Waals surface area contributed by atoms with Gasteiger partial charge >= 0.3 is 12.0 Å². The van der Waals surface area contributed by atoms with E-state index in [0.717, 1.165) is 11.5 Å². The monoisotopic (exact) mass is 304 g/mol. The molecule has 0 aromatic heterocycles. The van der Waals surface area contributed by atoms with Crippen molar-refractivity contribution >= 4 is 35.5 Å². The number of urea groups is 1. The standard InChI is InChI=1S/C12H20N2O3S2/c1-8-10(11(15)16)2-3-14(8)12(17)13-6-9-7-18-4-5-19-9/h8-10H,2-7H2,1H3,(H,13,17)(H,15,16). The molecule has 2 rings (SSSR count). The van der Waals surface area contributed by atoms with Gasteiger partial charge in [-0.3, -0.25) is 4.79 Å². The maximum Gasteiger partial charge on any atom is 0.317 e. The van der Waals surface area contributed by atoms with Gasteiger partial charge in [0.2, 0.25) is 0 Å². The Balaban J connectivity index is 1.78. The molecule has 0 bridgehead atoms. The average Bonchev–Trinajstić information content (AvgIpc) is 2.79. The average molecular weight is 304 g/mol. The molecule has 0 aromatic rings. The molecule has 0 saturated carbocycles. The Morgan fingerprint density at radius 3 is 2.79 bits per heavy atom. The third-order valence-electron chi connectivity index (χ3n) is 3.70. The highest BCUT2D eigenvalue weighted by atomic mass is 32.2. The SMILES string of the molecule is CC1C(C(=O)O)CCN1C(=O)NCC1CSCCS1. The fourth-order valence-corrected chi connectivity index (χ4v) is 5.13. The van der Waals surface area contributed by atoms with Crippen molar-refractivity contribution in [1.82, 2.24) is 10.2 Å². The maximum absolute atomic E-state index is 12.1. The number of carboxylic acid groups (broad SMARTS) is 1. The number of carboxylic acids is 1. The van der Waals surface area contributed by atoms with Crippen LogP contribution in [0.15, 0.2) is 0 Å². The lowest BCUT2D eigenvalue weighted by atomic mass is 10.0. The summed E-state index contributed by atoms with van der Waals surface area (Å²) in [5.41, 5.74) is 0. The van der Waals surface area contributed by atoms with E-state index in [1.807, 2.05) is 30.4 Å². The van der Waals surface area contributed by atoms with Crippen LogP contribution < -0.4 is 5.32 Å². The molecule has 2 heterocycles. The van der Waals surface area contributed by atoms with Gasteiger partial charge in [-0.2, -0.15) is 23.5 Å². The highest BCUT2D eigenvalue weighted by molar-refractivity contribution is 8.06. The van der Waals surface area contributed by atoms with Crippen molar-refractivity contribution < 1.29 is 14.7 Å². The predicted octanol–water partition coefficient (Wildman–Crippen LogP) is 1.34. The Hall–Kier alpha value is -0.560. The summed E-state index contributed by atoms with van der Waals surface area (Å²) in [5.74, 6) is 2.19. The predicted molar refractivity (Wildman–Crippen MR) is 78.9 cm³/mol. The maximum atomic E-state index is 12.1. The molecule has 2 fully saturated rings. The number of thioether (sulfide) groups is 2. The van der Waals surface area contributed by atoms with E-state index in [9.17, 15) is 9.59 Å². The minimum atomic E-state index is -0.804. The van der Waals surface area contributed by atoms with Crippen molar-refractivity contribution in [1.29, 1.82) is 0 Å². The first kappa shape index (κ1) is 14.8. The van der Waals surface area contributed by atoms with Crippen LogP contribution in [0.1, 0.15) is 13.3 Å². The molecule has 2 amide bonds. The number of likely N-dealkylation sites (tertiary alicyclic amines) is 1. The summed E-state index contributed by atoms with van der Waals surface area (Å²) in [5, 5.41) is 12.5. The van der Waals surface area contributed by atoms with E-state index in [1.54, 1.807) is 4.90 Å². The zero-order valence-electron chi connectivity index (χ0n) is 11.0. The van der Waals surface area contributed by atoms with Crippen LogP contribution in [0.5, 0.6) is 0 Å². The van der Waals surface area contributed by atoms with Gasteiger partial charge in [0.05, 0.1) is 5.92 Å². The summed E-state index contributed by atoms with van der Waals surface area (Å²) in [6.45, 7) is 3.03. The number of rotatable bonds is 3. The molecule has 2 N–H and O–H groups in total. The Bertz CT molecular complexity index is 348. The van der Waals surface area contributed by atoms with Gasteiger partial charge < -0.3 is 15.3 Å². The number of nitrogens with one attached hydrogen (secondary N) is 1.